The third kappa shape index (κ3) is 5.98. The Labute approximate surface area is 195 Å². The summed E-state index contributed by atoms with van der Waals surface area (Å²) >= 11 is 0. The minimum Gasteiger partial charge on any atom is -0.451 e. The van der Waals surface area contributed by atoms with Gasteiger partial charge in [-0.05, 0) is 49.5 Å². The smallest absolute Gasteiger partial charge is 0.349 e. The van der Waals surface area contributed by atoms with Crippen molar-refractivity contribution in [3.05, 3.63) is 64.5 Å². The van der Waals surface area contributed by atoms with Gasteiger partial charge in [0.05, 0.1) is 12.3 Å². The summed E-state index contributed by atoms with van der Waals surface area (Å²) in [5.41, 5.74) is 4.51. The maximum atomic E-state index is 12.5. The second-order valence-electron chi connectivity index (χ2n) is 8.59. The fraction of sp³-hybridized carbons (Fsp3) is 0.385. The number of aromatic nitrogens is 1. The first-order valence-electron chi connectivity index (χ1n) is 11.2. The number of hydrogen-bond acceptors (Lipinski definition) is 5. The summed E-state index contributed by atoms with van der Waals surface area (Å²) in [5, 5.41) is 15.2. The molecule has 1 aromatic carbocycles. The average Bonchev–Trinajstić information content (AvgIpc) is 3.40. The summed E-state index contributed by atoms with van der Waals surface area (Å²) in [6.07, 6.45) is 3.21. The summed E-state index contributed by atoms with van der Waals surface area (Å²) in [5.74, 6) is -0.654. The number of hydrazone groups is 1. The number of carbonyl (C=O) groups excluding carboxylic acids is 2. The number of ether oxygens (including phenoxy) is 1. The third-order valence-corrected chi connectivity index (χ3v) is 5.71. The standard InChI is InChI=1S/C26H30N4O3/c1-18(2)10-12-29-19(3)14-22(20(29)4)15-23(16-27)26(32)33-17-25(31)30-13-11-24(28-30)21-8-6-5-7-9-21/h5-9,14-15,18H,10-13,17H2,1-4H3. The second-order valence-corrected chi connectivity index (χ2v) is 8.59. The average molecular weight is 447 g/mol. The lowest BCUT2D eigenvalue weighted by Gasteiger charge is -2.11. The molecule has 172 valence electrons. The van der Waals surface area contributed by atoms with Crippen LogP contribution in [0.25, 0.3) is 6.08 Å². The molecule has 2 aromatic rings. The van der Waals surface area contributed by atoms with Gasteiger partial charge in [-0.2, -0.15) is 10.4 Å². The zero-order valence-corrected chi connectivity index (χ0v) is 19.7. The van der Waals surface area contributed by atoms with Crippen molar-refractivity contribution in [2.45, 2.75) is 47.1 Å². The van der Waals surface area contributed by atoms with Crippen LogP contribution in [0.3, 0.4) is 0 Å². The number of carbonyl (C=O) groups is 2. The summed E-state index contributed by atoms with van der Waals surface area (Å²) in [6.45, 7) is 9.19. The van der Waals surface area contributed by atoms with E-state index in [0.717, 1.165) is 41.2 Å². The van der Waals surface area contributed by atoms with Crippen molar-refractivity contribution < 1.29 is 14.3 Å². The largest absolute Gasteiger partial charge is 0.451 e. The Bertz CT molecular complexity index is 1120. The number of amides is 1. The van der Waals surface area contributed by atoms with Crippen molar-refractivity contribution in [3.63, 3.8) is 0 Å². The number of aryl methyl sites for hydroxylation is 1. The summed E-state index contributed by atoms with van der Waals surface area (Å²) in [6, 6.07) is 13.5. The lowest BCUT2D eigenvalue weighted by molar-refractivity contribution is -0.148. The Morgan fingerprint density at radius 1 is 1.24 bits per heavy atom. The van der Waals surface area contributed by atoms with Crippen LogP contribution >= 0.6 is 0 Å². The van der Waals surface area contributed by atoms with E-state index < -0.39 is 18.5 Å². The highest BCUT2D eigenvalue weighted by atomic mass is 16.5. The summed E-state index contributed by atoms with van der Waals surface area (Å²) in [7, 11) is 0. The number of nitriles is 1. The monoisotopic (exact) mass is 446 g/mol. The molecule has 7 nitrogen and oxygen atoms in total. The molecule has 2 heterocycles. The van der Waals surface area contributed by atoms with E-state index in [1.54, 1.807) is 0 Å². The minimum absolute atomic E-state index is 0.137. The van der Waals surface area contributed by atoms with E-state index in [9.17, 15) is 14.9 Å². The zero-order chi connectivity index (χ0) is 24.0. The molecule has 3 rings (SSSR count). The first-order chi connectivity index (χ1) is 15.8. The van der Waals surface area contributed by atoms with Crippen LogP contribution in [0.1, 0.15) is 49.2 Å². The molecule has 0 atom stereocenters. The predicted molar refractivity (Wildman–Crippen MR) is 127 cm³/mol. The van der Waals surface area contributed by atoms with Gasteiger partial charge in [-0.1, -0.05) is 44.2 Å². The Kier molecular flexibility index (Phi) is 7.83. The molecule has 0 N–H and O–H groups in total. The van der Waals surface area contributed by atoms with Gasteiger partial charge in [0.25, 0.3) is 5.91 Å². The molecule has 0 saturated heterocycles. The molecule has 1 aliphatic rings. The highest BCUT2D eigenvalue weighted by molar-refractivity contribution is 6.03. The van der Waals surface area contributed by atoms with Crippen molar-refractivity contribution in [1.29, 1.82) is 5.26 Å². The molecule has 1 amide bonds. The van der Waals surface area contributed by atoms with Crippen LogP contribution in [0.2, 0.25) is 0 Å². The highest BCUT2D eigenvalue weighted by Crippen LogP contribution is 2.20. The third-order valence-electron chi connectivity index (χ3n) is 5.71. The normalized spacial score (nSPS) is 13.8. The number of nitrogens with zero attached hydrogens (tertiary/aromatic N) is 4. The van der Waals surface area contributed by atoms with Crippen molar-refractivity contribution in [2.24, 2.45) is 11.0 Å². The number of hydrogen-bond donors (Lipinski definition) is 0. The van der Waals surface area contributed by atoms with Gasteiger partial charge in [-0.15, -0.1) is 0 Å². The molecule has 0 fully saturated rings. The van der Waals surface area contributed by atoms with Gasteiger partial charge < -0.3 is 9.30 Å². The Hall–Kier alpha value is -3.66. The van der Waals surface area contributed by atoms with E-state index in [-0.39, 0.29) is 5.57 Å². The number of benzene rings is 1. The van der Waals surface area contributed by atoms with Crippen LogP contribution in [-0.2, 0) is 20.9 Å². The first-order valence-corrected chi connectivity index (χ1v) is 11.2. The van der Waals surface area contributed by atoms with E-state index in [4.69, 9.17) is 4.74 Å². The van der Waals surface area contributed by atoms with Crippen LogP contribution < -0.4 is 0 Å². The van der Waals surface area contributed by atoms with Gasteiger partial charge in [0.1, 0.15) is 11.6 Å². The fourth-order valence-electron chi connectivity index (χ4n) is 3.75. The molecule has 0 saturated carbocycles. The SMILES string of the molecule is Cc1cc(C=C(C#N)C(=O)OCC(=O)N2CCC(c3ccccc3)=N2)c(C)n1CCC(C)C. The van der Waals surface area contributed by atoms with Gasteiger partial charge in [0, 0.05) is 24.4 Å². The predicted octanol–water partition coefficient (Wildman–Crippen LogP) is 4.24. The van der Waals surface area contributed by atoms with Gasteiger partial charge >= 0.3 is 5.97 Å². The van der Waals surface area contributed by atoms with Gasteiger partial charge in [0.2, 0.25) is 0 Å². The van der Waals surface area contributed by atoms with Crippen molar-refractivity contribution in [2.75, 3.05) is 13.2 Å². The Morgan fingerprint density at radius 2 is 1.97 bits per heavy atom. The molecular weight excluding hydrogens is 416 g/mol. The topological polar surface area (TPSA) is 87.7 Å². The van der Waals surface area contributed by atoms with E-state index in [2.05, 4.69) is 23.5 Å². The van der Waals surface area contributed by atoms with Crippen LogP contribution in [-0.4, -0.2) is 40.3 Å². The van der Waals surface area contributed by atoms with E-state index in [1.165, 1.54) is 11.1 Å². The Balaban J connectivity index is 1.63. The number of rotatable bonds is 8. The zero-order valence-electron chi connectivity index (χ0n) is 19.7. The van der Waals surface area contributed by atoms with Crippen LogP contribution in [0, 0.1) is 31.1 Å². The molecular formula is C26H30N4O3. The fourth-order valence-corrected chi connectivity index (χ4v) is 3.75. The quantitative estimate of drug-likeness (QED) is 0.345. The van der Waals surface area contributed by atoms with Crippen LogP contribution in [0.15, 0.2) is 47.1 Å². The lowest BCUT2D eigenvalue weighted by Crippen LogP contribution is -2.29. The maximum Gasteiger partial charge on any atom is 0.349 e. The molecule has 1 aliphatic heterocycles. The van der Waals surface area contributed by atoms with Crippen molar-refractivity contribution >= 4 is 23.7 Å². The first kappa shape index (κ1) is 24.0. The molecule has 0 spiro atoms. The highest BCUT2D eigenvalue weighted by Gasteiger charge is 2.23. The van der Waals surface area contributed by atoms with Gasteiger partial charge in [0.15, 0.2) is 6.61 Å². The molecule has 7 heteroatoms. The van der Waals surface area contributed by atoms with E-state index in [0.29, 0.717) is 18.9 Å². The second kappa shape index (κ2) is 10.8. The van der Waals surface area contributed by atoms with Crippen LogP contribution in [0.4, 0.5) is 0 Å². The minimum atomic E-state index is -0.815. The van der Waals surface area contributed by atoms with Gasteiger partial charge in [-0.3, -0.25) is 4.79 Å². The molecule has 0 aliphatic carbocycles. The van der Waals surface area contributed by atoms with Gasteiger partial charge in [-0.25, -0.2) is 9.80 Å². The molecule has 0 radical (unpaired) electrons. The van der Waals surface area contributed by atoms with Crippen LogP contribution in [0.5, 0.6) is 0 Å². The lowest BCUT2D eigenvalue weighted by atomic mass is 10.1. The maximum absolute atomic E-state index is 12.5. The molecule has 0 bridgehead atoms. The Morgan fingerprint density at radius 3 is 2.64 bits per heavy atom. The van der Waals surface area contributed by atoms with Crippen molar-refractivity contribution in [1.82, 2.24) is 9.58 Å². The van der Waals surface area contributed by atoms with E-state index >= 15 is 0 Å². The van der Waals surface area contributed by atoms with Crippen molar-refractivity contribution in [3.8, 4) is 6.07 Å². The summed E-state index contributed by atoms with van der Waals surface area (Å²) in [4.78, 5) is 24.9. The summed E-state index contributed by atoms with van der Waals surface area (Å²) < 4.78 is 7.33. The van der Waals surface area contributed by atoms with E-state index in [1.807, 2.05) is 56.3 Å². The number of esters is 1. The molecule has 1 aromatic heterocycles. The molecule has 33 heavy (non-hydrogen) atoms. The molecule has 0 unspecified atom stereocenters.